The second kappa shape index (κ2) is 3.20. The molecule has 2 unspecified atom stereocenters. The van der Waals surface area contributed by atoms with Crippen LogP contribution in [0.25, 0.3) is 0 Å². The van der Waals surface area contributed by atoms with Gasteiger partial charge in [0.25, 0.3) is 0 Å². The van der Waals surface area contributed by atoms with Gasteiger partial charge >= 0.3 is 6.03 Å². The van der Waals surface area contributed by atoms with Gasteiger partial charge in [0.15, 0.2) is 0 Å². The van der Waals surface area contributed by atoms with Crippen LogP contribution in [0, 0.1) is 0 Å². The maximum atomic E-state index is 11.6. The molecule has 0 aromatic heterocycles. The summed E-state index contributed by atoms with van der Waals surface area (Å²) < 4.78 is 0. The summed E-state index contributed by atoms with van der Waals surface area (Å²) in [4.78, 5) is 13.6. The van der Waals surface area contributed by atoms with Crippen molar-refractivity contribution in [3.63, 3.8) is 0 Å². The largest absolute Gasteiger partial charge is 0.333 e. The Bertz CT molecular complexity index is 215. The first-order valence-corrected chi connectivity index (χ1v) is 5.29. The lowest BCUT2D eigenvalue weighted by Gasteiger charge is -2.32. The number of hydrogen-bond donors (Lipinski definition) is 1. The Hall–Kier alpha value is -0.730. The molecule has 2 amide bonds. The van der Waals surface area contributed by atoms with E-state index in [2.05, 4.69) is 19.2 Å². The van der Waals surface area contributed by atoms with Crippen molar-refractivity contribution in [2.75, 3.05) is 0 Å². The molecule has 1 saturated heterocycles. The Morgan fingerprint density at radius 2 is 2.08 bits per heavy atom. The van der Waals surface area contributed by atoms with E-state index >= 15 is 0 Å². The lowest BCUT2D eigenvalue weighted by Crippen LogP contribution is -2.42. The molecule has 0 radical (unpaired) electrons. The summed E-state index contributed by atoms with van der Waals surface area (Å²) in [6.45, 7) is 4.19. The van der Waals surface area contributed by atoms with Gasteiger partial charge in [-0.1, -0.05) is 12.8 Å². The van der Waals surface area contributed by atoms with Crippen molar-refractivity contribution in [3.05, 3.63) is 0 Å². The van der Waals surface area contributed by atoms with E-state index in [4.69, 9.17) is 0 Å². The SMILES string of the molecule is CC(C)N1C(=O)NC2CCCCC21. The molecular formula is C10H18N2O. The van der Waals surface area contributed by atoms with Crippen molar-refractivity contribution in [2.24, 2.45) is 0 Å². The maximum Gasteiger partial charge on any atom is 0.318 e. The molecule has 0 bridgehead atoms. The normalized spacial score (nSPS) is 33.5. The second-order valence-electron chi connectivity index (χ2n) is 4.41. The van der Waals surface area contributed by atoms with Crippen LogP contribution in [0.2, 0.25) is 0 Å². The predicted octanol–water partition coefficient (Wildman–Crippen LogP) is 1.73. The fraction of sp³-hybridized carbons (Fsp3) is 0.900. The summed E-state index contributed by atoms with van der Waals surface area (Å²) in [5.74, 6) is 0. The first-order chi connectivity index (χ1) is 6.20. The average Bonchev–Trinajstić information content (AvgIpc) is 2.39. The molecule has 1 heterocycles. The van der Waals surface area contributed by atoms with Crippen LogP contribution < -0.4 is 5.32 Å². The van der Waals surface area contributed by atoms with Gasteiger partial charge in [0.2, 0.25) is 0 Å². The molecule has 3 heteroatoms. The van der Waals surface area contributed by atoms with Crippen molar-refractivity contribution in [3.8, 4) is 0 Å². The third kappa shape index (κ3) is 1.40. The molecule has 2 aliphatic rings. The molecule has 3 nitrogen and oxygen atoms in total. The first kappa shape index (κ1) is 8.85. The van der Waals surface area contributed by atoms with Gasteiger partial charge in [-0.25, -0.2) is 4.79 Å². The van der Waals surface area contributed by atoms with Crippen LogP contribution in [0.5, 0.6) is 0 Å². The van der Waals surface area contributed by atoms with Crippen molar-refractivity contribution in [1.29, 1.82) is 0 Å². The number of nitrogens with zero attached hydrogens (tertiary/aromatic N) is 1. The maximum absolute atomic E-state index is 11.6. The van der Waals surface area contributed by atoms with Crippen LogP contribution in [0.15, 0.2) is 0 Å². The van der Waals surface area contributed by atoms with Gasteiger partial charge in [-0.05, 0) is 26.7 Å². The number of fused-ring (bicyclic) bond motifs is 1. The van der Waals surface area contributed by atoms with E-state index < -0.39 is 0 Å². The summed E-state index contributed by atoms with van der Waals surface area (Å²) in [6.07, 6.45) is 4.90. The number of hydrogen-bond acceptors (Lipinski definition) is 1. The molecule has 13 heavy (non-hydrogen) atoms. The molecule has 74 valence electrons. The van der Waals surface area contributed by atoms with Crippen molar-refractivity contribution in [2.45, 2.75) is 57.7 Å². The van der Waals surface area contributed by atoms with Crippen LogP contribution in [0.3, 0.4) is 0 Å². The van der Waals surface area contributed by atoms with E-state index in [9.17, 15) is 4.79 Å². The topological polar surface area (TPSA) is 32.3 Å². The molecule has 0 aromatic carbocycles. The minimum absolute atomic E-state index is 0.145. The fourth-order valence-electron chi connectivity index (χ4n) is 2.61. The minimum atomic E-state index is 0.145. The highest BCUT2D eigenvalue weighted by Gasteiger charge is 2.41. The molecule has 2 atom stereocenters. The third-order valence-electron chi connectivity index (χ3n) is 3.19. The number of urea groups is 1. The Kier molecular flexibility index (Phi) is 2.18. The monoisotopic (exact) mass is 182 g/mol. The van der Waals surface area contributed by atoms with Crippen LogP contribution >= 0.6 is 0 Å². The zero-order valence-corrected chi connectivity index (χ0v) is 8.42. The van der Waals surface area contributed by atoms with Crippen LogP contribution in [-0.4, -0.2) is 29.1 Å². The van der Waals surface area contributed by atoms with E-state index in [1.165, 1.54) is 25.7 Å². The predicted molar refractivity (Wildman–Crippen MR) is 51.6 cm³/mol. The molecule has 2 rings (SSSR count). The van der Waals surface area contributed by atoms with Gasteiger partial charge in [0, 0.05) is 6.04 Å². The highest BCUT2D eigenvalue weighted by atomic mass is 16.2. The molecule has 1 aliphatic carbocycles. The Balaban J connectivity index is 2.13. The van der Waals surface area contributed by atoms with Gasteiger partial charge in [-0.3, -0.25) is 0 Å². The minimum Gasteiger partial charge on any atom is -0.333 e. The van der Waals surface area contributed by atoms with Crippen LogP contribution in [0.4, 0.5) is 4.79 Å². The Morgan fingerprint density at radius 3 is 2.77 bits per heavy atom. The van der Waals surface area contributed by atoms with Crippen molar-refractivity contribution in [1.82, 2.24) is 10.2 Å². The van der Waals surface area contributed by atoms with E-state index in [0.29, 0.717) is 18.1 Å². The second-order valence-corrected chi connectivity index (χ2v) is 4.41. The van der Waals surface area contributed by atoms with Crippen molar-refractivity contribution < 1.29 is 4.79 Å². The lowest BCUT2D eigenvalue weighted by molar-refractivity contribution is 0.169. The molecule has 0 aromatic rings. The highest BCUT2D eigenvalue weighted by Crippen LogP contribution is 2.29. The fourth-order valence-corrected chi connectivity index (χ4v) is 2.61. The van der Waals surface area contributed by atoms with Gasteiger partial charge in [0.05, 0.1) is 12.1 Å². The summed E-state index contributed by atoms with van der Waals surface area (Å²) in [6, 6.07) is 1.39. The van der Waals surface area contributed by atoms with Gasteiger partial charge in [0.1, 0.15) is 0 Å². The first-order valence-electron chi connectivity index (χ1n) is 5.29. The van der Waals surface area contributed by atoms with E-state index in [0.717, 1.165) is 0 Å². The Morgan fingerprint density at radius 1 is 1.38 bits per heavy atom. The van der Waals surface area contributed by atoms with E-state index in [-0.39, 0.29) is 6.03 Å². The molecule has 1 aliphatic heterocycles. The molecular weight excluding hydrogens is 164 g/mol. The van der Waals surface area contributed by atoms with Crippen LogP contribution in [0.1, 0.15) is 39.5 Å². The highest BCUT2D eigenvalue weighted by molar-refractivity contribution is 5.78. The molecule has 2 fully saturated rings. The number of carbonyl (C=O) groups is 1. The number of rotatable bonds is 1. The molecule has 1 saturated carbocycles. The smallest absolute Gasteiger partial charge is 0.318 e. The quantitative estimate of drug-likeness (QED) is 0.658. The van der Waals surface area contributed by atoms with E-state index in [1.807, 2.05) is 4.90 Å². The average molecular weight is 182 g/mol. The molecule has 1 N–H and O–H groups in total. The Labute approximate surface area is 79.5 Å². The number of nitrogens with one attached hydrogen (secondary N) is 1. The zero-order valence-electron chi connectivity index (χ0n) is 8.42. The lowest BCUT2D eigenvalue weighted by atomic mass is 9.90. The summed E-state index contributed by atoms with van der Waals surface area (Å²) in [5.41, 5.74) is 0. The number of amides is 2. The summed E-state index contributed by atoms with van der Waals surface area (Å²) in [5, 5.41) is 3.07. The standard InChI is InChI=1S/C10H18N2O/c1-7(2)12-9-6-4-3-5-8(9)11-10(12)13/h7-9H,3-6H2,1-2H3,(H,11,13). The third-order valence-corrected chi connectivity index (χ3v) is 3.19. The van der Waals surface area contributed by atoms with Crippen molar-refractivity contribution >= 4 is 6.03 Å². The van der Waals surface area contributed by atoms with Crippen LogP contribution in [-0.2, 0) is 0 Å². The van der Waals surface area contributed by atoms with Gasteiger partial charge in [-0.15, -0.1) is 0 Å². The summed E-state index contributed by atoms with van der Waals surface area (Å²) in [7, 11) is 0. The zero-order chi connectivity index (χ0) is 9.42. The van der Waals surface area contributed by atoms with Gasteiger partial charge < -0.3 is 10.2 Å². The molecule has 0 spiro atoms. The number of carbonyl (C=O) groups excluding carboxylic acids is 1. The van der Waals surface area contributed by atoms with E-state index in [1.54, 1.807) is 0 Å². The summed E-state index contributed by atoms with van der Waals surface area (Å²) >= 11 is 0. The van der Waals surface area contributed by atoms with Gasteiger partial charge in [-0.2, -0.15) is 0 Å².